The first-order valence-corrected chi connectivity index (χ1v) is 11.7. The number of carbonyl (C=O) groups is 2. The van der Waals surface area contributed by atoms with E-state index in [0.29, 0.717) is 0 Å². The van der Waals surface area contributed by atoms with Gasteiger partial charge in [0, 0.05) is 17.5 Å². The molecule has 182 valence electrons. The average Bonchev–Trinajstić information content (AvgIpc) is 2.77. The molecule has 1 aliphatic rings. The topological polar surface area (TPSA) is 76.1 Å². The molecule has 1 N–H and O–H groups in total. The van der Waals surface area contributed by atoms with Crippen molar-refractivity contribution in [2.75, 3.05) is 19.8 Å². The molecule has 1 saturated heterocycles. The van der Waals surface area contributed by atoms with Crippen LogP contribution in [-0.4, -0.2) is 52.8 Å². The number of nitrogens with zero attached hydrogens (tertiary/aromatic N) is 1. The van der Waals surface area contributed by atoms with E-state index in [-0.39, 0.29) is 43.2 Å². The molecule has 1 aliphatic heterocycles. The highest BCUT2D eigenvalue weighted by Crippen LogP contribution is 2.44. The molecule has 0 aliphatic carbocycles. The van der Waals surface area contributed by atoms with Crippen molar-refractivity contribution in [1.82, 2.24) is 4.90 Å². The summed E-state index contributed by atoms with van der Waals surface area (Å²) in [5.41, 5.74) is -0.442. The molecule has 0 amide bonds. The highest BCUT2D eigenvalue weighted by atomic mass is 16.6. The number of hydrogen-bond donors (Lipinski definition) is 1. The molecule has 2 unspecified atom stereocenters. The molecule has 2 rings (SSSR count). The fraction of sp³-hybridized carbons (Fsp3) is 0.630. The lowest BCUT2D eigenvalue weighted by Gasteiger charge is -2.56. The first kappa shape index (κ1) is 26.9. The Balaban J connectivity index is 2.21. The van der Waals surface area contributed by atoms with Gasteiger partial charge < -0.3 is 14.6 Å². The Morgan fingerprint density at radius 3 is 2.30 bits per heavy atom. The van der Waals surface area contributed by atoms with E-state index in [1.54, 1.807) is 0 Å². The zero-order valence-electron chi connectivity index (χ0n) is 20.7. The summed E-state index contributed by atoms with van der Waals surface area (Å²) in [5.74, 6) is 1.28. The van der Waals surface area contributed by atoms with Gasteiger partial charge in [0.15, 0.2) is 0 Å². The predicted octanol–water partition coefficient (Wildman–Crippen LogP) is 4.27. The summed E-state index contributed by atoms with van der Waals surface area (Å²) in [6.45, 7) is 9.86. The molecule has 0 bridgehead atoms. The van der Waals surface area contributed by atoms with Gasteiger partial charge in [-0.15, -0.1) is 12.3 Å². The SMILES string of the molecule is C#CCCC(=O)OCC(C)(CO)C(=O)OCC(c1ccccc1)N1C(C)(C)CCCC1(C)C. The predicted molar refractivity (Wildman–Crippen MR) is 128 cm³/mol. The summed E-state index contributed by atoms with van der Waals surface area (Å²) in [5, 5.41) is 9.91. The lowest BCUT2D eigenvalue weighted by molar-refractivity contribution is -0.170. The molecule has 33 heavy (non-hydrogen) atoms. The number of carbonyl (C=O) groups excluding carboxylic acids is 2. The van der Waals surface area contributed by atoms with Gasteiger partial charge in [-0.1, -0.05) is 30.3 Å². The smallest absolute Gasteiger partial charge is 0.317 e. The van der Waals surface area contributed by atoms with Gasteiger partial charge in [0.25, 0.3) is 0 Å². The number of terminal acetylenes is 1. The van der Waals surface area contributed by atoms with Crippen LogP contribution in [0.25, 0.3) is 0 Å². The van der Waals surface area contributed by atoms with Crippen molar-refractivity contribution in [2.24, 2.45) is 5.41 Å². The lowest BCUT2D eigenvalue weighted by Crippen LogP contribution is -2.60. The van der Waals surface area contributed by atoms with Gasteiger partial charge in [-0.3, -0.25) is 14.5 Å². The Kier molecular flexibility index (Phi) is 9.11. The Bertz CT molecular complexity index is 826. The molecule has 1 heterocycles. The minimum atomic E-state index is -1.35. The molecule has 0 saturated carbocycles. The quantitative estimate of drug-likeness (QED) is 0.418. The first-order valence-electron chi connectivity index (χ1n) is 11.7. The molecule has 6 nitrogen and oxygen atoms in total. The highest BCUT2D eigenvalue weighted by Gasteiger charge is 2.46. The van der Waals surface area contributed by atoms with Crippen molar-refractivity contribution >= 4 is 11.9 Å². The highest BCUT2D eigenvalue weighted by molar-refractivity contribution is 5.77. The Labute approximate surface area is 198 Å². The van der Waals surface area contributed by atoms with Crippen molar-refractivity contribution in [3.63, 3.8) is 0 Å². The van der Waals surface area contributed by atoms with Crippen molar-refractivity contribution in [1.29, 1.82) is 0 Å². The van der Waals surface area contributed by atoms with E-state index in [1.807, 2.05) is 18.2 Å². The lowest BCUT2D eigenvalue weighted by atomic mass is 9.77. The average molecular weight is 458 g/mol. The Morgan fingerprint density at radius 2 is 1.76 bits per heavy atom. The van der Waals surface area contributed by atoms with Crippen LogP contribution in [-0.2, 0) is 19.1 Å². The van der Waals surface area contributed by atoms with Crippen LogP contribution in [0.5, 0.6) is 0 Å². The Morgan fingerprint density at radius 1 is 1.15 bits per heavy atom. The summed E-state index contributed by atoms with van der Waals surface area (Å²) < 4.78 is 11.0. The number of aliphatic hydroxyl groups is 1. The van der Waals surface area contributed by atoms with E-state index in [0.717, 1.165) is 24.8 Å². The fourth-order valence-electron chi connectivity index (χ4n) is 4.84. The normalized spacial score (nSPS) is 20.2. The monoisotopic (exact) mass is 457 g/mol. The second kappa shape index (κ2) is 11.2. The molecule has 0 aromatic heterocycles. The van der Waals surface area contributed by atoms with E-state index >= 15 is 0 Å². The molecular weight excluding hydrogens is 418 g/mol. The molecule has 2 atom stereocenters. The van der Waals surface area contributed by atoms with Crippen LogP contribution in [0, 0.1) is 17.8 Å². The number of aliphatic hydroxyl groups excluding tert-OH is 1. The number of piperidine rings is 1. The second-order valence-electron chi connectivity index (χ2n) is 10.5. The Hall–Kier alpha value is -2.36. The van der Waals surface area contributed by atoms with E-state index in [1.165, 1.54) is 6.92 Å². The standard InChI is InChI=1S/C27H39NO5/c1-7-8-15-23(30)33-20-27(6,19-29)24(31)32-18-22(21-13-10-9-11-14-21)28-25(2,3)16-12-17-26(28,4)5/h1,9-11,13-14,22,29H,8,12,15-20H2,2-6H3. The van der Waals surface area contributed by atoms with Crippen LogP contribution >= 0.6 is 0 Å². The van der Waals surface area contributed by atoms with Gasteiger partial charge in [-0.25, -0.2) is 0 Å². The van der Waals surface area contributed by atoms with E-state index < -0.39 is 24.0 Å². The third-order valence-corrected chi connectivity index (χ3v) is 6.62. The minimum absolute atomic E-state index is 0.0717. The first-order chi connectivity index (χ1) is 15.5. The van der Waals surface area contributed by atoms with Crippen LogP contribution in [0.3, 0.4) is 0 Å². The summed E-state index contributed by atoms with van der Waals surface area (Å²) >= 11 is 0. The fourth-order valence-corrected chi connectivity index (χ4v) is 4.84. The molecule has 1 aromatic carbocycles. The molecular formula is C27H39NO5. The van der Waals surface area contributed by atoms with Crippen molar-refractivity contribution in [2.45, 2.75) is 83.8 Å². The number of benzene rings is 1. The maximum Gasteiger partial charge on any atom is 0.317 e. The summed E-state index contributed by atoms with van der Waals surface area (Å²) in [4.78, 5) is 27.3. The summed E-state index contributed by atoms with van der Waals surface area (Å²) in [6, 6.07) is 9.90. The molecule has 6 heteroatoms. The van der Waals surface area contributed by atoms with Gasteiger partial charge in [0.2, 0.25) is 0 Å². The number of esters is 2. The number of likely N-dealkylation sites (tertiary alicyclic amines) is 1. The van der Waals surface area contributed by atoms with Crippen LogP contribution in [0.1, 0.15) is 78.3 Å². The van der Waals surface area contributed by atoms with Crippen LogP contribution in [0.15, 0.2) is 30.3 Å². The van der Waals surface area contributed by atoms with E-state index in [2.05, 4.69) is 50.6 Å². The van der Waals surface area contributed by atoms with Gasteiger partial charge in [0.05, 0.1) is 19.1 Å². The van der Waals surface area contributed by atoms with Gasteiger partial charge in [-0.2, -0.15) is 0 Å². The van der Waals surface area contributed by atoms with Gasteiger partial charge >= 0.3 is 11.9 Å². The number of rotatable bonds is 10. The van der Waals surface area contributed by atoms with Crippen LogP contribution < -0.4 is 0 Å². The zero-order valence-corrected chi connectivity index (χ0v) is 20.7. The number of hydrogen-bond acceptors (Lipinski definition) is 6. The molecule has 0 radical (unpaired) electrons. The van der Waals surface area contributed by atoms with E-state index in [9.17, 15) is 14.7 Å². The molecule has 1 aromatic rings. The molecule has 0 spiro atoms. The maximum atomic E-state index is 13.0. The van der Waals surface area contributed by atoms with Crippen molar-refractivity contribution in [3.8, 4) is 12.3 Å². The second-order valence-corrected chi connectivity index (χ2v) is 10.5. The minimum Gasteiger partial charge on any atom is -0.464 e. The largest absolute Gasteiger partial charge is 0.464 e. The van der Waals surface area contributed by atoms with Crippen molar-refractivity contribution < 1.29 is 24.2 Å². The van der Waals surface area contributed by atoms with Gasteiger partial charge in [0.1, 0.15) is 18.6 Å². The van der Waals surface area contributed by atoms with Crippen molar-refractivity contribution in [3.05, 3.63) is 35.9 Å². The zero-order chi connectivity index (χ0) is 24.7. The third kappa shape index (κ3) is 6.82. The third-order valence-electron chi connectivity index (χ3n) is 6.62. The molecule has 1 fully saturated rings. The summed E-state index contributed by atoms with van der Waals surface area (Å²) in [6.07, 6.45) is 8.75. The number of ether oxygens (including phenoxy) is 2. The van der Waals surface area contributed by atoms with Gasteiger partial charge in [-0.05, 0) is 59.4 Å². The van der Waals surface area contributed by atoms with E-state index in [4.69, 9.17) is 15.9 Å². The maximum absolute atomic E-state index is 13.0. The van der Waals surface area contributed by atoms with Crippen LogP contribution in [0.2, 0.25) is 0 Å². The summed E-state index contributed by atoms with van der Waals surface area (Å²) in [7, 11) is 0. The van der Waals surface area contributed by atoms with Crippen LogP contribution in [0.4, 0.5) is 0 Å².